The average Bonchev–Trinajstić information content (AvgIpc) is 3.09. The number of aliphatic hydroxyl groups excluding tert-OH is 1. The van der Waals surface area contributed by atoms with Crippen LogP contribution in [0.1, 0.15) is 31.4 Å². The van der Waals surface area contributed by atoms with Gasteiger partial charge < -0.3 is 16.2 Å². The lowest BCUT2D eigenvalue weighted by atomic mass is 10.0. The van der Waals surface area contributed by atoms with Crippen LogP contribution in [0, 0.1) is 0 Å². The highest BCUT2D eigenvalue weighted by atomic mass is 32.2. The first kappa shape index (κ1) is 12.0. The molecule has 0 bridgehead atoms. The number of nitrogens with one attached hydrogen (secondary N) is 1. The van der Waals surface area contributed by atoms with E-state index in [1.165, 1.54) is 11.8 Å². The predicted molar refractivity (Wildman–Crippen MR) is 71.5 cm³/mol. The topological polar surface area (TPSA) is 75.3 Å². The fourth-order valence-corrected chi connectivity index (χ4v) is 3.08. The SMILES string of the molecule is CC1Sc2ccc(C(O)C3(N)CC3)cc2NC1=O. The van der Waals surface area contributed by atoms with Crippen LogP contribution in [0.4, 0.5) is 5.69 Å². The quantitative estimate of drug-likeness (QED) is 0.759. The summed E-state index contributed by atoms with van der Waals surface area (Å²) in [5.41, 5.74) is 7.10. The van der Waals surface area contributed by atoms with Crippen molar-refractivity contribution in [1.29, 1.82) is 0 Å². The largest absolute Gasteiger partial charge is 0.386 e. The fourth-order valence-electron chi connectivity index (χ4n) is 2.15. The summed E-state index contributed by atoms with van der Waals surface area (Å²) >= 11 is 1.54. The lowest BCUT2D eigenvalue weighted by molar-refractivity contribution is -0.115. The molecule has 3 rings (SSSR count). The monoisotopic (exact) mass is 264 g/mol. The number of amides is 1. The molecule has 0 saturated heterocycles. The minimum absolute atomic E-state index is 0.00743. The molecule has 5 heteroatoms. The number of carbonyl (C=O) groups is 1. The molecule has 4 nitrogen and oxygen atoms in total. The third-order valence-corrected chi connectivity index (χ3v) is 4.80. The minimum atomic E-state index is -0.649. The molecule has 0 radical (unpaired) electrons. The normalized spacial score (nSPS) is 26.2. The van der Waals surface area contributed by atoms with Crippen LogP contribution >= 0.6 is 11.8 Å². The first-order valence-corrected chi connectivity index (χ1v) is 6.96. The van der Waals surface area contributed by atoms with Crippen molar-refractivity contribution in [1.82, 2.24) is 0 Å². The molecule has 1 aromatic rings. The van der Waals surface area contributed by atoms with E-state index in [2.05, 4.69) is 5.32 Å². The molecular weight excluding hydrogens is 248 g/mol. The Hall–Kier alpha value is -1.04. The Kier molecular flexibility index (Phi) is 2.66. The second-order valence-corrected chi connectivity index (χ2v) is 6.52. The van der Waals surface area contributed by atoms with Gasteiger partial charge in [0.25, 0.3) is 0 Å². The number of fused-ring (bicyclic) bond motifs is 1. The van der Waals surface area contributed by atoms with Crippen molar-refractivity contribution in [3.8, 4) is 0 Å². The summed E-state index contributed by atoms with van der Waals surface area (Å²) in [6.45, 7) is 1.88. The molecule has 1 fully saturated rings. The summed E-state index contributed by atoms with van der Waals surface area (Å²) in [5.74, 6) is 0.00743. The zero-order valence-corrected chi connectivity index (χ0v) is 11.0. The van der Waals surface area contributed by atoms with Crippen molar-refractivity contribution in [3.63, 3.8) is 0 Å². The van der Waals surface area contributed by atoms with Crippen LogP contribution in [0.3, 0.4) is 0 Å². The number of anilines is 1. The average molecular weight is 264 g/mol. The molecular formula is C13H16N2O2S. The van der Waals surface area contributed by atoms with E-state index < -0.39 is 11.6 Å². The Morgan fingerprint density at radius 3 is 2.94 bits per heavy atom. The third-order valence-electron chi connectivity index (χ3n) is 3.62. The maximum Gasteiger partial charge on any atom is 0.237 e. The number of hydrogen-bond acceptors (Lipinski definition) is 4. The van der Waals surface area contributed by atoms with E-state index in [-0.39, 0.29) is 11.2 Å². The van der Waals surface area contributed by atoms with Crippen molar-refractivity contribution < 1.29 is 9.90 Å². The number of benzene rings is 1. The lowest BCUT2D eigenvalue weighted by Crippen LogP contribution is -2.31. The van der Waals surface area contributed by atoms with Gasteiger partial charge in [0.15, 0.2) is 0 Å². The van der Waals surface area contributed by atoms with Crippen molar-refractivity contribution in [3.05, 3.63) is 23.8 Å². The summed E-state index contributed by atoms with van der Waals surface area (Å²) in [4.78, 5) is 12.7. The van der Waals surface area contributed by atoms with E-state index >= 15 is 0 Å². The third kappa shape index (κ3) is 1.92. The van der Waals surface area contributed by atoms with Gasteiger partial charge in [-0.3, -0.25) is 4.79 Å². The number of aliphatic hydroxyl groups is 1. The molecule has 0 aromatic heterocycles. The van der Waals surface area contributed by atoms with Crippen LogP contribution in [0.25, 0.3) is 0 Å². The van der Waals surface area contributed by atoms with Crippen LogP contribution in [-0.2, 0) is 4.79 Å². The molecule has 1 heterocycles. The highest BCUT2D eigenvalue weighted by molar-refractivity contribution is 8.00. The fraction of sp³-hybridized carbons (Fsp3) is 0.462. The van der Waals surface area contributed by atoms with E-state index in [1.54, 1.807) is 0 Å². The molecule has 4 N–H and O–H groups in total. The summed E-state index contributed by atoms with van der Waals surface area (Å²) in [6.07, 6.45) is 1.05. The Balaban J connectivity index is 1.91. The van der Waals surface area contributed by atoms with Crippen molar-refractivity contribution in [2.75, 3.05) is 5.32 Å². The molecule has 0 spiro atoms. The van der Waals surface area contributed by atoms with Gasteiger partial charge in [-0.2, -0.15) is 0 Å². The van der Waals surface area contributed by atoms with Gasteiger partial charge >= 0.3 is 0 Å². The molecule has 2 unspecified atom stereocenters. The van der Waals surface area contributed by atoms with E-state index in [4.69, 9.17) is 5.73 Å². The minimum Gasteiger partial charge on any atom is -0.386 e. The summed E-state index contributed by atoms with van der Waals surface area (Å²) < 4.78 is 0. The van der Waals surface area contributed by atoms with Crippen LogP contribution in [0.5, 0.6) is 0 Å². The van der Waals surface area contributed by atoms with Crippen LogP contribution in [0.15, 0.2) is 23.1 Å². The Morgan fingerprint density at radius 2 is 2.28 bits per heavy atom. The van der Waals surface area contributed by atoms with Gasteiger partial charge in [0.2, 0.25) is 5.91 Å². The van der Waals surface area contributed by atoms with Crippen molar-refractivity contribution in [2.45, 2.75) is 41.6 Å². The summed E-state index contributed by atoms with van der Waals surface area (Å²) in [5, 5.41) is 13.0. The number of thioether (sulfide) groups is 1. The van der Waals surface area contributed by atoms with Gasteiger partial charge in [-0.1, -0.05) is 6.07 Å². The number of carbonyl (C=O) groups excluding carboxylic acids is 1. The Morgan fingerprint density at radius 1 is 1.56 bits per heavy atom. The van der Waals surface area contributed by atoms with Gasteiger partial charge in [-0.25, -0.2) is 0 Å². The van der Waals surface area contributed by atoms with E-state index in [1.807, 2.05) is 25.1 Å². The highest BCUT2D eigenvalue weighted by Crippen LogP contribution is 2.45. The van der Waals surface area contributed by atoms with E-state index in [9.17, 15) is 9.90 Å². The van der Waals surface area contributed by atoms with Crippen LogP contribution in [0.2, 0.25) is 0 Å². The molecule has 1 aromatic carbocycles. The maximum absolute atomic E-state index is 11.6. The first-order chi connectivity index (χ1) is 8.49. The zero-order valence-electron chi connectivity index (χ0n) is 10.1. The number of rotatable bonds is 2. The van der Waals surface area contributed by atoms with Crippen LogP contribution < -0.4 is 11.1 Å². The molecule has 96 valence electrons. The van der Waals surface area contributed by atoms with Gasteiger partial charge in [0, 0.05) is 10.4 Å². The molecule has 2 atom stereocenters. The highest BCUT2D eigenvalue weighted by Gasteiger charge is 2.46. The van der Waals surface area contributed by atoms with Crippen molar-refractivity contribution in [2.24, 2.45) is 5.73 Å². The molecule has 1 saturated carbocycles. The smallest absolute Gasteiger partial charge is 0.237 e. The molecule has 2 aliphatic rings. The standard InChI is InChI=1S/C13H16N2O2S/c1-7-12(17)15-9-6-8(2-3-10(9)18-7)11(16)13(14)4-5-13/h2-3,6-7,11,16H,4-5,14H2,1H3,(H,15,17). The first-order valence-electron chi connectivity index (χ1n) is 6.08. The molecule has 1 aliphatic heterocycles. The second-order valence-electron chi connectivity index (χ2n) is 5.14. The maximum atomic E-state index is 11.6. The number of nitrogens with two attached hydrogens (primary N) is 1. The molecule has 1 aliphatic carbocycles. The zero-order chi connectivity index (χ0) is 12.9. The van der Waals surface area contributed by atoms with Crippen LogP contribution in [-0.4, -0.2) is 21.8 Å². The second kappa shape index (κ2) is 3.98. The van der Waals surface area contributed by atoms with Gasteiger partial charge in [0.05, 0.1) is 17.0 Å². The summed E-state index contributed by atoms with van der Waals surface area (Å²) in [6, 6.07) is 5.68. The predicted octanol–water partition coefficient (Wildman–Crippen LogP) is 1.64. The molecule has 1 amide bonds. The number of hydrogen-bond donors (Lipinski definition) is 3. The van der Waals surface area contributed by atoms with Gasteiger partial charge in [-0.15, -0.1) is 11.8 Å². The lowest BCUT2D eigenvalue weighted by Gasteiger charge is -2.24. The Labute approximate surface area is 110 Å². The van der Waals surface area contributed by atoms with E-state index in [0.29, 0.717) is 0 Å². The molecule has 18 heavy (non-hydrogen) atoms. The van der Waals surface area contributed by atoms with E-state index in [0.717, 1.165) is 29.0 Å². The summed E-state index contributed by atoms with van der Waals surface area (Å²) in [7, 11) is 0. The van der Waals surface area contributed by atoms with Crippen molar-refractivity contribution >= 4 is 23.4 Å². The Bertz CT molecular complexity index is 514. The van der Waals surface area contributed by atoms with Gasteiger partial charge in [-0.05, 0) is 37.5 Å². The van der Waals surface area contributed by atoms with Gasteiger partial charge in [0.1, 0.15) is 0 Å².